The normalized spacial score (nSPS) is 25.9. The van der Waals surface area contributed by atoms with E-state index in [9.17, 15) is 19.5 Å². The molecule has 1 saturated heterocycles. The molecule has 0 bridgehead atoms. The Bertz CT molecular complexity index is 1150. The number of pyridine rings is 1. The number of nitrogens with one attached hydrogen (secondary N) is 1. The number of likely N-dealkylation sites (tertiary alicyclic amines) is 1. The summed E-state index contributed by atoms with van der Waals surface area (Å²) in [5.41, 5.74) is 3.14. The van der Waals surface area contributed by atoms with Crippen LogP contribution in [0.5, 0.6) is 0 Å². The fraction of sp³-hybridized carbons (Fsp3) is 0.400. The van der Waals surface area contributed by atoms with E-state index in [0.29, 0.717) is 12.2 Å². The molecule has 166 valence electrons. The highest BCUT2D eigenvalue weighted by atomic mass is 16.3. The number of rotatable bonds is 4. The molecule has 2 aromatic rings. The Labute approximate surface area is 186 Å². The minimum absolute atomic E-state index is 0.0458. The monoisotopic (exact) mass is 433 g/mol. The van der Waals surface area contributed by atoms with E-state index in [4.69, 9.17) is 0 Å². The zero-order chi connectivity index (χ0) is 22.4. The van der Waals surface area contributed by atoms with E-state index in [1.807, 2.05) is 30.3 Å². The van der Waals surface area contributed by atoms with Crippen molar-refractivity contribution in [2.45, 2.75) is 44.8 Å². The molecular weight excluding hydrogens is 406 g/mol. The lowest BCUT2D eigenvalue weighted by Gasteiger charge is -2.30. The highest BCUT2D eigenvalue weighted by molar-refractivity contribution is 5.98. The summed E-state index contributed by atoms with van der Waals surface area (Å²) in [5, 5.41) is 13.1. The third kappa shape index (κ3) is 3.19. The number of hydrogen-bond donors (Lipinski definition) is 2. The van der Waals surface area contributed by atoms with Crippen molar-refractivity contribution in [3.63, 3.8) is 0 Å². The lowest BCUT2D eigenvalue weighted by molar-refractivity contribution is -0.138. The number of fused-ring (bicyclic) bond motifs is 3. The first-order valence-corrected chi connectivity index (χ1v) is 11.2. The number of amides is 2. The van der Waals surface area contributed by atoms with Crippen LogP contribution < -0.4 is 10.9 Å². The number of aliphatic hydroxyl groups excluding tert-OH is 1. The molecule has 4 atom stereocenters. The quantitative estimate of drug-likeness (QED) is 0.775. The van der Waals surface area contributed by atoms with Gasteiger partial charge in [0.15, 0.2) is 0 Å². The average molecular weight is 434 g/mol. The van der Waals surface area contributed by atoms with Gasteiger partial charge >= 0.3 is 0 Å². The van der Waals surface area contributed by atoms with Gasteiger partial charge in [0, 0.05) is 48.9 Å². The molecule has 3 heterocycles. The predicted molar refractivity (Wildman–Crippen MR) is 121 cm³/mol. The third-order valence-corrected chi connectivity index (χ3v) is 7.14. The van der Waals surface area contributed by atoms with Crippen LogP contribution in [-0.4, -0.2) is 39.0 Å². The fourth-order valence-electron chi connectivity index (χ4n) is 5.75. The zero-order valence-corrected chi connectivity index (χ0v) is 18.0. The molecule has 1 aliphatic carbocycles. The van der Waals surface area contributed by atoms with Crippen molar-refractivity contribution < 1.29 is 14.7 Å². The van der Waals surface area contributed by atoms with Gasteiger partial charge in [0.1, 0.15) is 6.04 Å². The molecule has 1 aromatic heterocycles. The number of anilines is 1. The number of allylic oxidation sites excluding steroid dienone is 2. The van der Waals surface area contributed by atoms with Crippen LogP contribution in [0.3, 0.4) is 0 Å². The Morgan fingerprint density at radius 1 is 1.16 bits per heavy atom. The van der Waals surface area contributed by atoms with Crippen LogP contribution >= 0.6 is 0 Å². The van der Waals surface area contributed by atoms with Gasteiger partial charge in [-0.25, -0.2) is 0 Å². The minimum atomic E-state index is -0.797. The van der Waals surface area contributed by atoms with Crippen LogP contribution in [0.4, 0.5) is 5.69 Å². The molecule has 0 radical (unpaired) electrons. The van der Waals surface area contributed by atoms with Crippen LogP contribution in [0.15, 0.2) is 53.3 Å². The van der Waals surface area contributed by atoms with Crippen LogP contribution in [0.25, 0.3) is 5.57 Å². The first kappa shape index (κ1) is 20.7. The number of benzene rings is 1. The molecule has 7 heteroatoms. The molecule has 1 aromatic carbocycles. The third-order valence-electron chi connectivity index (χ3n) is 7.14. The number of para-hydroxylation sites is 1. The molecule has 2 amide bonds. The lowest BCUT2D eigenvalue weighted by Crippen LogP contribution is -2.47. The number of hydrogen-bond acceptors (Lipinski definition) is 4. The summed E-state index contributed by atoms with van der Waals surface area (Å²) in [4.78, 5) is 40.9. The van der Waals surface area contributed by atoms with Crippen LogP contribution in [0, 0.1) is 11.8 Å². The van der Waals surface area contributed by atoms with Crippen LogP contribution in [0.1, 0.15) is 43.5 Å². The van der Waals surface area contributed by atoms with Crippen molar-refractivity contribution >= 4 is 23.1 Å². The summed E-state index contributed by atoms with van der Waals surface area (Å²) < 4.78 is 1.74. The SMILES string of the molecule is CC(=O)N1[C@@H]2c3ccc(C4=CCCC4)c(=O)n3C[C@@H]2[C@@H](CO)[C@@H]1C(=O)Nc1ccccc1. The van der Waals surface area contributed by atoms with Crippen molar-refractivity contribution in [1.82, 2.24) is 9.47 Å². The second-order valence-electron chi connectivity index (χ2n) is 8.89. The topological polar surface area (TPSA) is 91.6 Å². The maximum Gasteiger partial charge on any atom is 0.258 e. The Hall–Kier alpha value is -3.19. The number of nitrogens with zero attached hydrogens (tertiary/aromatic N) is 2. The van der Waals surface area contributed by atoms with Gasteiger partial charge in [0.05, 0.1) is 6.04 Å². The maximum atomic E-state index is 13.3. The summed E-state index contributed by atoms with van der Waals surface area (Å²) in [6, 6.07) is 11.7. The van der Waals surface area contributed by atoms with Crippen molar-refractivity contribution in [1.29, 1.82) is 0 Å². The van der Waals surface area contributed by atoms with Gasteiger partial charge < -0.3 is 19.9 Å². The summed E-state index contributed by atoms with van der Waals surface area (Å²) in [6.07, 6.45) is 5.08. The molecule has 32 heavy (non-hydrogen) atoms. The summed E-state index contributed by atoms with van der Waals surface area (Å²) in [7, 11) is 0. The smallest absolute Gasteiger partial charge is 0.258 e. The molecule has 0 unspecified atom stereocenters. The first-order valence-electron chi connectivity index (χ1n) is 11.2. The summed E-state index contributed by atoms with van der Waals surface area (Å²) in [5.74, 6) is -1.22. The molecule has 7 nitrogen and oxygen atoms in total. The van der Waals surface area contributed by atoms with E-state index in [2.05, 4.69) is 11.4 Å². The highest BCUT2D eigenvalue weighted by Gasteiger charge is 2.56. The lowest BCUT2D eigenvalue weighted by atomic mass is 9.88. The van der Waals surface area contributed by atoms with Crippen LogP contribution in [-0.2, 0) is 16.1 Å². The number of aliphatic hydroxyl groups is 1. The van der Waals surface area contributed by atoms with E-state index in [-0.39, 0.29) is 29.9 Å². The molecule has 1 fully saturated rings. The van der Waals surface area contributed by atoms with E-state index >= 15 is 0 Å². The summed E-state index contributed by atoms with van der Waals surface area (Å²) in [6.45, 7) is 1.60. The van der Waals surface area contributed by atoms with Crippen LogP contribution in [0.2, 0.25) is 0 Å². The molecule has 2 aliphatic heterocycles. The molecular formula is C25H27N3O4. The molecule has 0 saturated carbocycles. The highest BCUT2D eigenvalue weighted by Crippen LogP contribution is 2.49. The maximum absolute atomic E-state index is 13.3. The van der Waals surface area contributed by atoms with E-state index in [0.717, 1.165) is 36.1 Å². The second-order valence-corrected chi connectivity index (χ2v) is 8.89. The summed E-state index contributed by atoms with van der Waals surface area (Å²) >= 11 is 0. The fourth-order valence-corrected chi connectivity index (χ4v) is 5.75. The standard InChI is InChI=1S/C25H27N3O4/c1-15(30)28-22-19(20(14-29)23(28)24(31)26-17-9-3-2-4-10-17)13-27-21(22)12-11-18(25(27)32)16-7-5-6-8-16/h2-4,7,9-12,19-20,22-23,29H,5-6,8,13-14H2,1H3,(H,26,31)/t19-,20-,22+,23-/m1/s1. The van der Waals surface area contributed by atoms with Gasteiger partial charge in [-0.3, -0.25) is 14.4 Å². The molecule has 0 spiro atoms. The van der Waals surface area contributed by atoms with E-state index in [1.165, 1.54) is 6.92 Å². The van der Waals surface area contributed by atoms with Gasteiger partial charge in [-0.15, -0.1) is 0 Å². The number of carbonyl (C=O) groups is 2. The van der Waals surface area contributed by atoms with Gasteiger partial charge in [0.2, 0.25) is 11.8 Å². The van der Waals surface area contributed by atoms with Gasteiger partial charge in [-0.2, -0.15) is 0 Å². The first-order chi connectivity index (χ1) is 15.5. The average Bonchev–Trinajstić information content (AvgIpc) is 3.49. The van der Waals surface area contributed by atoms with Gasteiger partial charge in [-0.1, -0.05) is 24.3 Å². The Kier molecular flexibility index (Phi) is 5.21. The molecule has 2 N–H and O–H groups in total. The Morgan fingerprint density at radius 3 is 2.59 bits per heavy atom. The second kappa shape index (κ2) is 8.06. The van der Waals surface area contributed by atoms with Crippen molar-refractivity contribution in [3.8, 4) is 0 Å². The molecule has 3 aliphatic rings. The Balaban J connectivity index is 1.52. The largest absolute Gasteiger partial charge is 0.396 e. The van der Waals surface area contributed by atoms with Crippen molar-refractivity contribution in [2.75, 3.05) is 11.9 Å². The van der Waals surface area contributed by atoms with Gasteiger partial charge in [-0.05, 0) is 49.1 Å². The number of carbonyl (C=O) groups excluding carboxylic acids is 2. The van der Waals surface area contributed by atoms with Gasteiger partial charge in [0.25, 0.3) is 5.56 Å². The minimum Gasteiger partial charge on any atom is -0.396 e. The van der Waals surface area contributed by atoms with E-state index in [1.54, 1.807) is 21.6 Å². The molecule has 5 rings (SSSR count). The van der Waals surface area contributed by atoms with E-state index < -0.39 is 18.0 Å². The number of aromatic nitrogens is 1. The zero-order valence-electron chi connectivity index (χ0n) is 18.0. The van der Waals surface area contributed by atoms with Crippen molar-refractivity contribution in [2.24, 2.45) is 11.8 Å². The predicted octanol–water partition coefficient (Wildman–Crippen LogP) is 2.56. The van der Waals surface area contributed by atoms with Crippen molar-refractivity contribution in [3.05, 3.63) is 70.2 Å². The Morgan fingerprint density at radius 2 is 1.94 bits per heavy atom.